The van der Waals surface area contributed by atoms with Crippen LogP contribution in [0.1, 0.15) is 23.5 Å². The number of benzene rings is 2. The van der Waals surface area contributed by atoms with Crippen molar-refractivity contribution in [1.82, 2.24) is 0 Å². The predicted octanol–water partition coefficient (Wildman–Crippen LogP) is 0.507. The molecule has 0 aliphatic carbocycles. The van der Waals surface area contributed by atoms with Gasteiger partial charge in [-0.1, -0.05) is 24.3 Å². The molecule has 0 unspecified atom stereocenters. The van der Waals surface area contributed by atoms with E-state index < -0.39 is 32.4 Å². The predicted molar refractivity (Wildman–Crippen MR) is 94.9 cm³/mol. The molecule has 0 saturated carbocycles. The maximum absolute atomic E-state index is 12.5. The second kappa shape index (κ2) is 5.20. The van der Waals surface area contributed by atoms with Crippen molar-refractivity contribution in [3.8, 4) is 0 Å². The van der Waals surface area contributed by atoms with E-state index in [2.05, 4.69) is 0 Å². The number of hydrogen-bond acceptors (Lipinski definition) is 4. The largest absolute Gasteiger partial charge is 0.297 e. The van der Waals surface area contributed by atoms with Gasteiger partial charge in [0, 0.05) is 0 Å². The summed E-state index contributed by atoms with van der Waals surface area (Å²) in [5.41, 5.74) is 2.35. The van der Waals surface area contributed by atoms with Crippen LogP contribution in [0.5, 0.6) is 0 Å². The summed E-state index contributed by atoms with van der Waals surface area (Å²) in [7, 11) is -7.10. The molecule has 2 aromatic rings. The van der Waals surface area contributed by atoms with E-state index in [1.165, 1.54) is 21.1 Å². The first kappa shape index (κ1) is 16.4. The van der Waals surface area contributed by atoms with E-state index in [1.807, 2.05) is 0 Å². The van der Waals surface area contributed by atoms with Gasteiger partial charge in [0.2, 0.25) is 32.4 Å². The quantitative estimate of drug-likeness (QED) is 0.822. The first-order valence-electron chi connectivity index (χ1n) is 7.71. The number of nitrogens with two attached hydrogens (primary N) is 1. The second-order valence-electron chi connectivity index (χ2n) is 6.32. The fourth-order valence-electron chi connectivity index (χ4n) is 3.74. The van der Waals surface area contributed by atoms with Crippen LogP contribution in [0, 0.1) is 0 Å². The molecule has 0 fully saturated rings. The summed E-state index contributed by atoms with van der Waals surface area (Å²) < 4.78 is 52.8. The molecule has 7 nitrogen and oxygen atoms in total. The monoisotopic (exact) mass is 380 g/mol. The maximum atomic E-state index is 12.5. The first-order valence-corrected chi connectivity index (χ1v) is 11.4. The van der Waals surface area contributed by atoms with Crippen molar-refractivity contribution in [2.75, 3.05) is 21.1 Å². The summed E-state index contributed by atoms with van der Waals surface area (Å²) in [4.78, 5) is 0. The molecule has 132 valence electrons. The molecule has 2 aliphatic rings. The van der Waals surface area contributed by atoms with E-state index >= 15 is 0 Å². The highest BCUT2D eigenvalue weighted by Gasteiger charge is 2.50. The van der Waals surface area contributed by atoms with Gasteiger partial charge >= 0.3 is 0 Å². The van der Waals surface area contributed by atoms with Gasteiger partial charge in [-0.3, -0.25) is 5.32 Å². The number of hydrogen-bond donors (Lipinski definition) is 1. The van der Waals surface area contributed by atoms with E-state index in [-0.39, 0.29) is 0 Å². The van der Waals surface area contributed by atoms with Crippen LogP contribution in [-0.4, -0.2) is 29.3 Å². The molecule has 0 saturated heterocycles. The zero-order valence-electron chi connectivity index (χ0n) is 13.7. The molecular formula is C16H18N3O4S2+. The summed E-state index contributed by atoms with van der Waals surface area (Å²) in [5.74, 6) is 0. The van der Waals surface area contributed by atoms with Crippen molar-refractivity contribution < 1.29 is 22.2 Å². The van der Waals surface area contributed by atoms with Gasteiger partial charge < -0.3 is 0 Å². The van der Waals surface area contributed by atoms with Gasteiger partial charge in [0.25, 0.3) is 0 Å². The Morgan fingerprint density at radius 1 is 0.720 bits per heavy atom. The Bertz CT molecular complexity index is 981. The molecule has 2 atom stereocenters. The number of sulfonamides is 2. The smallest absolute Gasteiger partial charge is 0.237 e. The van der Waals surface area contributed by atoms with E-state index in [9.17, 15) is 16.8 Å². The Labute approximate surface area is 147 Å². The molecule has 2 heterocycles. The minimum atomic E-state index is -3.55. The molecule has 0 aromatic heterocycles. The molecule has 0 amide bonds. The average molecular weight is 380 g/mol. The normalized spacial score (nSPS) is 22.3. The van der Waals surface area contributed by atoms with Crippen LogP contribution in [-0.2, 0) is 20.0 Å². The third-order valence-corrected chi connectivity index (χ3v) is 6.85. The number of para-hydroxylation sites is 2. The third kappa shape index (κ3) is 2.42. The lowest BCUT2D eigenvalue weighted by atomic mass is 9.98. The fourth-order valence-corrected chi connectivity index (χ4v) is 5.98. The summed E-state index contributed by atoms with van der Waals surface area (Å²) in [6.07, 6.45) is 1.26. The Hall–Kier alpha value is -2.10. The standard InChI is InChI=1S/C16H17N3O4S2/c1-24(20,21)18-13-9-5-3-7-11(13)16-17-15(18)12-8-4-6-10-14(12)19(16)25(2,22)23/h3-10,15-17H,1-2H3/p+1/t15-,16-/m0/s1. The van der Waals surface area contributed by atoms with Crippen LogP contribution >= 0.6 is 0 Å². The van der Waals surface area contributed by atoms with Gasteiger partial charge in [0.05, 0.1) is 35.0 Å². The molecule has 9 heteroatoms. The molecule has 25 heavy (non-hydrogen) atoms. The highest BCUT2D eigenvalue weighted by Crippen LogP contribution is 2.45. The van der Waals surface area contributed by atoms with Crippen molar-refractivity contribution >= 4 is 31.4 Å². The van der Waals surface area contributed by atoms with Gasteiger partial charge in [-0.05, 0) is 24.3 Å². The molecule has 0 radical (unpaired) electrons. The average Bonchev–Trinajstić information content (AvgIpc) is 2.52. The van der Waals surface area contributed by atoms with Gasteiger partial charge in [0.1, 0.15) is 0 Å². The SMILES string of the molecule is CS(=O)(=O)N1c2ccccc2[C@H]2[NH2+][C@@H]1c1ccccc1N2S(C)(=O)=O. The van der Waals surface area contributed by atoms with Crippen LogP contribution in [0.3, 0.4) is 0 Å². The Balaban J connectivity index is 2.07. The van der Waals surface area contributed by atoms with E-state index in [1.54, 1.807) is 53.8 Å². The zero-order chi connectivity index (χ0) is 18.0. The molecule has 4 rings (SSSR count). The van der Waals surface area contributed by atoms with Gasteiger partial charge in [-0.25, -0.2) is 25.4 Å². The molecule has 2 bridgehead atoms. The Kier molecular flexibility index (Phi) is 3.40. The minimum Gasteiger partial charge on any atom is -0.297 e. The molecule has 2 aromatic carbocycles. The summed E-state index contributed by atoms with van der Waals surface area (Å²) in [6, 6.07) is 14.1. The molecule has 2 N–H and O–H groups in total. The van der Waals surface area contributed by atoms with Crippen LogP contribution < -0.4 is 13.9 Å². The van der Waals surface area contributed by atoms with E-state index in [4.69, 9.17) is 0 Å². The molecule has 0 spiro atoms. The summed E-state index contributed by atoms with van der Waals surface area (Å²) in [6.45, 7) is 0. The van der Waals surface area contributed by atoms with Crippen molar-refractivity contribution in [3.63, 3.8) is 0 Å². The molecule has 2 aliphatic heterocycles. The Morgan fingerprint density at radius 2 is 1.08 bits per heavy atom. The van der Waals surface area contributed by atoms with Gasteiger partial charge in [0.15, 0.2) is 0 Å². The van der Waals surface area contributed by atoms with Crippen LogP contribution in [0.15, 0.2) is 48.5 Å². The van der Waals surface area contributed by atoms with Crippen LogP contribution in [0.25, 0.3) is 0 Å². The minimum absolute atomic E-state index is 0.519. The van der Waals surface area contributed by atoms with E-state index in [0.29, 0.717) is 22.5 Å². The fraction of sp³-hybridized carbons (Fsp3) is 0.250. The number of quaternary nitrogens is 1. The van der Waals surface area contributed by atoms with Crippen molar-refractivity contribution in [1.29, 1.82) is 0 Å². The maximum Gasteiger partial charge on any atom is 0.237 e. The van der Waals surface area contributed by atoms with Crippen molar-refractivity contribution in [3.05, 3.63) is 59.7 Å². The van der Waals surface area contributed by atoms with Crippen molar-refractivity contribution in [2.45, 2.75) is 12.3 Å². The summed E-state index contributed by atoms with van der Waals surface area (Å²) >= 11 is 0. The highest BCUT2D eigenvalue weighted by atomic mass is 32.2. The number of fused-ring (bicyclic) bond motifs is 6. The first-order chi connectivity index (χ1) is 11.7. The number of nitrogens with zero attached hydrogens (tertiary/aromatic N) is 2. The number of rotatable bonds is 2. The lowest BCUT2D eigenvalue weighted by Gasteiger charge is -2.46. The lowest BCUT2D eigenvalue weighted by molar-refractivity contribution is -0.735. The Morgan fingerprint density at radius 3 is 1.44 bits per heavy atom. The number of anilines is 2. The zero-order valence-corrected chi connectivity index (χ0v) is 15.3. The van der Waals surface area contributed by atoms with Crippen LogP contribution in [0.2, 0.25) is 0 Å². The van der Waals surface area contributed by atoms with Gasteiger partial charge in [-0.2, -0.15) is 0 Å². The third-order valence-electron chi connectivity index (χ3n) is 4.57. The van der Waals surface area contributed by atoms with Gasteiger partial charge in [-0.15, -0.1) is 0 Å². The molecular weight excluding hydrogens is 362 g/mol. The second-order valence-corrected chi connectivity index (χ2v) is 10.0. The van der Waals surface area contributed by atoms with Crippen molar-refractivity contribution in [2.24, 2.45) is 0 Å². The topological polar surface area (TPSA) is 91.4 Å². The summed E-state index contributed by atoms with van der Waals surface area (Å²) in [5, 5.41) is 1.78. The van der Waals surface area contributed by atoms with Crippen LogP contribution in [0.4, 0.5) is 11.4 Å². The lowest BCUT2D eigenvalue weighted by Crippen LogP contribution is -2.95. The highest BCUT2D eigenvalue weighted by molar-refractivity contribution is 7.92. The van der Waals surface area contributed by atoms with E-state index in [0.717, 1.165) is 0 Å².